The van der Waals surface area contributed by atoms with Crippen LogP contribution in [0.15, 0.2) is 30.3 Å². The molecule has 4 N–H and O–H groups in total. The molecule has 11 heteroatoms. The summed E-state index contributed by atoms with van der Waals surface area (Å²) in [7, 11) is 0. The molecule has 2 unspecified atom stereocenters. The molecule has 0 saturated carbocycles. The maximum atomic E-state index is 13.9. The zero-order chi connectivity index (χ0) is 24.1. The molecule has 1 aliphatic carbocycles. The van der Waals surface area contributed by atoms with Crippen molar-refractivity contribution in [3.63, 3.8) is 0 Å². The molecule has 3 aliphatic rings. The minimum absolute atomic E-state index is 0.0114. The van der Waals surface area contributed by atoms with Gasteiger partial charge in [-0.2, -0.15) is 0 Å². The number of aromatic nitrogens is 1. The van der Waals surface area contributed by atoms with Crippen molar-refractivity contribution in [3.05, 3.63) is 47.3 Å². The van der Waals surface area contributed by atoms with Gasteiger partial charge in [-0.1, -0.05) is 12.1 Å². The molecule has 34 heavy (non-hydrogen) atoms. The van der Waals surface area contributed by atoms with E-state index in [1.54, 1.807) is 23.1 Å². The predicted octanol–water partition coefficient (Wildman–Crippen LogP) is 0.704. The number of hydrogen-bond donors (Lipinski definition) is 4. The fourth-order valence-electron chi connectivity index (χ4n) is 4.47. The van der Waals surface area contributed by atoms with E-state index in [9.17, 15) is 14.0 Å². The van der Waals surface area contributed by atoms with Gasteiger partial charge < -0.3 is 25.8 Å². The van der Waals surface area contributed by atoms with Crippen molar-refractivity contribution in [2.24, 2.45) is 0 Å². The van der Waals surface area contributed by atoms with E-state index < -0.39 is 0 Å². The monoisotopic (exact) mass is 471 g/mol. The second-order valence-electron chi connectivity index (χ2n) is 8.25. The van der Waals surface area contributed by atoms with Gasteiger partial charge in [0, 0.05) is 38.1 Å². The maximum absolute atomic E-state index is 13.9. The fraction of sp³-hybridized carbons (Fsp3) is 0.391. The van der Waals surface area contributed by atoms with Crippen LogP contribution in [0.25, 0.3) is 0 Å². The van der Waals surface area contributed by atoms with Gasteiger partial charge in [0.15, 0.2) is 18.2 Å². The number of halogens is 1. The summed E-state index contributed by atoms with van der Waals surface area (Å²) in [6, 6.07) is 8.99. The van der Waals surface area contributed by atoms with Crippen LogP contribution in [-0.4, -0.2) is 66.7 Å². The van der Waals surface area contributed by atoms with Crippen LogP contribution in [0.1, 0.15) is 17.5 Å². The Hall–Kier alpha value is -3.57. The van der Waals surface area contributed by atoms with Crippen LogP contribution in [0.5, 0.6) is 5.75 Å². The lowest BCUT2D eigenvalue weighted by Gasteiger charge is -2.21. The largest absolute Gasteiger partial charge is 0.483 e. The number of pyridine rings is 1. The molecule has 1 aromatic heterocycles. The van der Waals surface area contributed by atoms with Crippen molar-refractivity contribution in [2.75, 3.05) is 36.5 Å². The number of carboxylic acid groups (broad SMARTS) is 1. The van der Waals surface area contributed by atoms with Crippen LogP contribution < -0.4 is 25.6 Å². The lowest BCUT2D eigenvalue weighted by atomic mass is 10.1. The van der Waals surface area contributed by atoms with Gasteiger partial charge in [-0.3, -0.25) is 19.3 Å². The van der Waals surface area contributed by atoms with E-state index in [1.165, 1.54) is 6.07 Å². The third-order valence-electron chi connectivity index (χ3n) is 5.99. The Labute approximate surface area is 195 Å². The van der Waals surface area contributed by atoms with E-state index in [0.717, 1.165) is 24.1 Å². The summed E-state index contributed by atoms with van der Waals surface area (Å²) in [6.45, 7) is 1.69. The van der Waals surface area contributed by atoms with Gasteiger partial charge in [0.25, 0.3) is 12.4 Å². The van der Waals surface area contributed by atoms with Gasteiger partial charge in [0.1, 0.15) is 11.6 Å². The Morgan fingerprint density at radius 2 is 1.91 bits per heavy atom. The van der Waals surface area contributed by atoms with E-state index in [2.05, 4.69) is 20.9 Å². The Bertz CT molecular complexity index is 1080. The smallest absolute Gasteiger partial charge is 0.290 e. The van der Waals surface area contributed by atoms with Gasteiger partial charge in [-0.05, 0) is 42.2 Å². The van der Waals surface area contributed by atoms with Crippen molar-refractivity contribution in [1.82, 2.24) is 15.6 Å². The third-order valence-corrected chi connectivity index (χ3v) is 5.99. The summed E-state index contributed by atoms with van der Waals surface area (Å²) < 4.78 is 19.2. The number of benzene rings is 1. The average molecular weight is 471 g/mol. The summed E-state index contributed by atoms with van der Waals surface area (Å²) in [5, 5.41) is 16.5. The second-order valence-corrected chi connectivity index (χ2v) is 8.25. The highest BCUT2D eigenvalue weighted by Crippen LogP contribution is 2.30. The van der Waals surface area contributed by atoms with Crippen LogP contribution in [0.4, 0.5) is 16.0 Å². The molecular formula is C23H26FN5O5. The van der Waals surface area contributed by atoms with E-state index in [-0.39, 0.29) is 42.8 Å². The highest BCUT2D eigenvalue weighted by Gasteiger charge is 2.32. The molecule has 10 nitrogen and oxygen atoms in total. The number of carbonyl (C=O) groups is 3. The molecule has 2 aliphatic heterocycles. The van der Waals surface area contributed by atoms with Gasteiger partial charge >= 0.3 is 0 Å². The fourth-order valence-corrected chi connectivity index (χ4v) is 4.47. The van der Waals surface area contributed by atoms with E-state index >= 15 is 0 Å². The van der Waals surface area contributed by atoms with Crippen molar-refractivity contribution in [3.8, 4) is 5.75 Å². The molecule has 1 saturated heterocycles. The molecule has 3 heterocycles. The highest BCUT2D eigenvalue weighted by atomic mass is 19.1. The van der Waals surface area contributed by atoms with Crippen molar-refractivity contribution in [1.29, 1.82) is 0 Å². The third kappa shape index (κ3) is 5.32. The molecule has 1 aromatic carbocycles. The Morgan fingerprint density at radius 1 is 1.15 bits per heavy atom. The first-order valence-corrected chi connectivity index (χ1v) is 11.0. The number of carbonyl (C=O) groups excluding carboxylic acids is 2. The lowest BCUT2D eigenvalue weighted by molar-refractivity contribution is -0.123. The second kappa shape index (κ2) is 10.6. The predicted molar refractivity (Wildman–Crippen MR) is 121 cm³/mol. The Morgan fingerprint density at radius 3 is 2.68 bits per heavy atom. The first kappa shape index (κ1) is 23.6. The summed E-state index contributed by atoms with van der Waals surface area (Å²) in [6.07, 6.45) is 1.94. The molecule has 0 bridgehead atoms. The molecular weight excluding hydrogens is 445 g/mol. The molecule has 2 atom stereocenters. The number of anilines is 2. The van der Waals surface area contributed by atoms with Gasteiger partial charge in [-0.15, -0.1) is 0 Å². The molecule has 2 aromatic rings. The minimum atomic E-state index is -0.259. The normalized spacial score (nSPS) is 20.6. The summed E-state index contributed by atoms with van der Waals surface area (Å²) >= 11 is 0. The molecule has 180 valence electrons. The standard InChI is InChI=1S/C22H24FN5O3.CH2O2/c23-17-3-1-2-13-8-14(9-16(13)17)24-6-7-25-15-10-21(30)28(11-15)19-5-4-18-22(26-19)27-20(29)12-31-18;2-1-3/h1-5,14-15,24-25H,6-12H2,(H,26,27,29);1H,(H,2,3). The topological polar surface area (TPSA) is 133 Å². The Kier molecular flexibility index (Phi) is 7.33. The van der Waals surface area contributed by atoms with E-state index in [1.807, 2.05) is 6.07 Å². The Balaban J connectivity index is 0.000000868. The number of nitrogens with one attached hydrogen (secondary N) is 3. The zero-order valence-corrected chi connectivity index (χ0v) is 18.4. The summed E-state index contributed by atoms with van der Waals surface area (Å²) in [5.41, 5.74) is 1.91. The molecule has 0 radical (unpaired) electrons. The highest BCUT2D eigenvalue weighted by molar-refractivity contribution is 5.97. The van der Waals surface area contributed by atoms with Crippen LogP contribution >= 0.6 is 0 Å². The van der Waals surface area contributed by atoms with Gasteiger partial charge in [0.2, 0.25) is 5.91 Å². The van der Waals surface area contributed by atoms with Gasteiger partial charge in [-0.25, -0.2) is 9.37 Å². The lowest BCUT2D eigenvalue weighted by Crippen LogP contribution is -2.40. The quantitative estimate of drug-likeness (QED) is 0.358. The summed E-state index contributed by atoms with van der Waals surface area (Å²) in [5.74, 6) is 0.961. The number of rotatable bonds is 6. The maximum Gasteiger partial charge on any atom is 0.290 e. The molecule has 2 amide bonds. The SMILES string of the molecule is O=C1COc2ccc(N3CC(NCCNC4Cc5cccc(F)c5C4)CC3=O)nc2N1.O=CO. The number of amides is 2. The first-order valence-electron chi connectivity index (χ1n) is 11.0. The first-order chi connectivity index (χ1) is 16.5. The van der Waals surface area contributed by atoms with Crippen LogP contribution in [0.2, 0.25) is 0 Å². The van der Waals surface area contributed by atoms with Crippen LogP contribution in [-0.2, 0) is 27.2 Å². The van der Waals surface area contributed by atoms with Crippen molar-refractivity contribution < 1.29 is 28.6 Å². The van der Waals surface area contributed by atoms with E-state index in [4.69, 9.17) is 14.6 Å². The van der Waals surface area contributed by atoms with Crippen molar-refractivity contribution >= 4 is 29.9 Å². The van der Waals surface area contributed by atoms with Crippen LogP contribution in [0, 0.1) is 5.82 Å². The van der Waals surface area contributed by atoms with Crippen LogP contribution in [0.3, 0.4) is 0 Å². The zero-order valence-electron chi connectivity index (χ0n) is 18.4. The molecule has 0 spiro atoms. The minimum Gasteiger partial charge on any atom is -0.483 e. The number of hydrogen-bond acceptors (Lipinski definition) is 7. The van der Waals surface area contributed by atoms with Gasteiger partial charge in [0.05, 0.1) is 0 Å². The van der Waals surface area contributed by atoms with Crippen molar-refractivity contribution in [2.45, 2.75) is 31.3 Å². The summed E-state index contributed by atoms with van der Waals surface area (Å²) in [4.78, 5) is 38.4. The van der Waals surface area contributed by atoms with E-state index in [0.29, 0.717) is 43.3 Å². The average Bonchev–Trinajstić information content (AvgIpc) is 3.40. The molecule has 1 fully saturated rings. The molecule has 5 rings (SSSR count). The number of fused-ring (bicyclic) bond motifs is 2. The number of ether oxygens (including phenoxy) is 1. The number of nitrogens with zero attached hydrogens (tertiary/aromatic N) is 2.